The van der Waals surface area contributed by atoms with Gasteiger partial charge in [-0.3, -0.25) is 4.79 Å². The van der Waals surface area contributed by atoms with Crippen LogP contribution in [0.2, 0.25) is 0 Å². The Kier molecular flexibility index (Phi) is 6.50. The molecule has 0 spiro atoms. The van der Waals surface area contributed by atoms with Crippen LogP contribution in [0.25, 0.3) is 11.3 Å². The molecule has 0 bridgehead atoms. The van der Waals surface area contributed by atoms with Crippen LogP contribution in [-0.2, 0) is 11.0 Å². The highest BCUT2D eigenvalue weighted by Gasteiger charge is 2.30. The number of rotatable bonds is 7. The quantitative estimate of drug-likeness (QED) is 0.488. The molecule has 0 saturated carbocycles. The van der Waals surface area contributed by atoms with Crippen molar-refractivity contribution in [3.63, 3.8) is 0 Å². The molecular weight excluding hydrogens is 401 g/mol. The molecule has 1 heterocycles. The van der Waals surface area contributed by atoms with E-state index in [0.717, 1.165) is 17.7 Å². The maximum absolute atomic E-state index is 12.9. The largest absolute Gasteiger partial charge is 0.416 e. The monoisotopic (exact) mass is 420 g/mol. The van der Waals surface area contributed by atoms with Crippen LogP contribution in [-0.4, -0.2) is 17.4 Å². The van der Waals surface area contributed by atoms with Crippen molar-refractivity contribution in [2.75, 3.05) is 17.2 Å². The van der Waals surface area contributed by atoms with Crippen molar-refractivity contribution < 1.29 is 18.0 Å². The van der Waals surface area contributed by atoms with Gasteiger partial charge in [0.2, 0.25) is 5.91 Å². The zero-order valence-electron chi connectivity index (χ0n) is 15.3. The van der Waals surface area contributed by atoms with Gasteiger partial charge in [0.05, 0.1) is 11.3 Å². The first kappa shape index (κ1) is 20.8. The summed E-state index contributed by atoms with van der Waals surface area (Å²) in [6.45, 7) is 0.452. The van der Waals surface area contributed by atoms with E-state index >= 15 is 0 Å². The maximum Gasteiger partial charge on any atom is 0.416 e. The number of benzene rings is 2. The van der Waals surface area contributed by atoms with E-state index in [1.165, 1.54) is 17.4 Å². The van der Waals surface area contributed by atoms with Gasteiger partial charge in [0, 0.05) is 28.7 Å². The minimum absolute atomic E-state index is 0.113. The first-order valence-corrected chi connectivity index (χ1v) is 9.73. The van der Waals surface area contributed by atoms with Gasteiger partial charge in [-0.2, -0.15) is 13.2 Å². The van der Waals surface area contributed by atoms with Crippen molar-refractivity contribution in [3.8, 4) is 11.3 Å². The number of anilines is 3. The Hall–Kier alpha value is -2.91. The molecule has 3 rings (SSSR count). The van der Waals surface area contributed by atoms with Crippen LogP contribution in [0.5, 0.6) is 0 Å². The van der Waals surface area contributed by atoms with Gasteiger partial charge in [0.25, 0.3) is 0 Å². The van der Waals surface area contributed by atoms with Crippen LogP contribution < -0.4 is 16.4 Å². The molecule has 0 unspecified atom stereocenters. The summed E-state index contributed by atoms with van der Waals surface area (Å²) in [5.74, 6) is -0.113. The topological polar surface area (TPSA) is 80.0 Å². The number of nitrogens with two attached hydrogens (primary N) is 1. The summed E-state index contributed by atoms with van der Waals surface area (Å²) in [4.78, 5) is 16.3. The summed E-state index contributed by atoms with van der Waals surface area (Å²) in [6, 6.07) is 12.2. The first-order chi connectivity index (χ1) is 13.8. The molecule has 2 aromatic carbocycles. The second kappa shape index (κ2) is 9.06. The number of halogens is 3. The predicted molar refractivity (Wildman–Crippen MR) is 109 cm³/mol. The molecule has 0 fully saturated rings. The summed E-state index contributed by atoms with van der Waals surface area (Å²) in [7, 11) is 0. The van der Waals surface area contributed by atoms with Crippen molar-refractivity contribution in [2.45, 2.75) is 19.0 Å². The summed E-state index contributed by atoms with van der Waals surface area (Å²) in [5, 5.41) is 7.98. The van der Waals surface area contributed by atoms with Crippen molar-refractivity contribution in [1.29, 1.82) is 0 Å². The molecule has 0 atom stereocenters. The Labute approximate surface area is 169 Å². The molecule has 1 amide bonds. The van der Waals surface area contributed by atoms with E-state index in [0.29, 0.717) is 41.6 Å². The molecule has 1 aromatic heterocycles. The molecule has 152 valence electrons. The van der Waals surface area contributed by atoms with E-state index in [1.807, 2.05) is 6.07 Å². The van der Waals surface area contributed by atoms with Gasteiger partial charge in [0.15, 0.2) is 5.13 Å². The number of carbonyl (C=O) groups is 1. The van der Waals surface area contributed by atoms with E-state index in [2.05, 4.69) is 15.6 Å². The van der Waals surface area contributed by atoms with Crippen LogP contribution in [0.15, 0.2) is 53.9 Å². The minimum atomic E-state index is -4.40. The number of amides is 1. The third-order valence-corrected chi connectivity index (χ3v) is 4.75. The average molecular weight is 420 g/mol. The number of nitrogens with zero attached hydrogens (tertiary/aromatic N) is 1. The summed E-state index contributed by atoms with van der Waals surface area (Å²) in [5.41, 5.74) is 7.08. The Bertz CT molecular complexity index is 988. The summed E-state index contributed by atoms with van der Waals surface area (Å²) in [6.07, 6.45) is -3.44. The van der Waals surface area contributed by atoms with Crippen LogP contribution in [0, 0.1) is 0 Å². The van der Waals surface area contributed by atoms with Crippen LogP contribution in [0.4, 0.5) is 29.7 Å². The fourth-order valence-electron chi connectivity index (χ4n) is 2.60. The van der Waals surface area contributed by atoms with Crippen molar-refractivity contribution in [3.05, 3.63) is 59.5 Å². The fraction of sp³-hybridized carbons (Fsp3) is 0.200. The highest BCUT2D eigenvalue weighted by atomic mass is 32.1. The number of thiazole rings is 1. The smallest absolute Gasteiger partial charge is 0.332 e. The van der Waals surface area contributed by atoms with Crippen LogP contribution in [0.1, 0.15) is 18.4 Å². The molecule has 5 nitrogen and oxygen atoms in total. The fourth-order valence-corrected chi connectivity index (χ4v) is 3.34. The molecule has 0 aliphatic carbocycles. The zero-order valence-corrected chi connectivity index (χ0v) is 16.1. The molecule has 9 heteroatoms. The predicted octanol–water partition coefficient (Wildman–Crippen LogP) is 5.25. The lowest BCUT2D eigenvalue weighted by molar-refractivity contribution is -0.137. The third kappa shape index (κ3) is 5.78. The van der Waals surface area contributed by atoms with E-state index in [-0.39, 0.29) is 5.91 Å². The number of hydrogen-bond donors (Lipinski definition) is 3. The Balaban J connectivity index is 1.72. The number of hydrogen-bond acceptors (Lipinski definition) is 5. The first-order valence-electron chi connectivity index (χ1n) is 8.85. The van der Waals surface area contributed by atoms with Gasteiger partial charge in [-0.1, -0.05) is 18.2 Å². The highest BCUT2D eigenvalue weighted by Crippen LogP contribution is 2.33. The lowest BCUT2D eigenvalue weighted by Crippen LogP contribution is -2.13. The number of nitrogens with one attached hydrogen (secondary N) is 2. The molecule has 0 aliphatic rings. The number of carbonyl (C=O) groups excluding carboxylic acids is 1. The molecule has 29 heavy (non-hydrogen) atoms. The lowest BCUT2D eigenvalue weighted by Gasteiger charge is -2.09. The van der Waals surface area contributed by atoms with Crippen molar-refractivity contribution in [1.82, 2.24) is 4.98 Å². The molecule has 3 aromatic rings. The van der Waals surface area contributed by atoms with Crippen LogP contribution in [0.3, 0.4) is 0 Å². The van der Waals surface area contributed by atoms with E-state index < -0.39 is 11.7 Å². The summed E-state index contributed by atoms with van der Waals surface area (Å²) < 4.78 is 38.6. The lowest BCUT2D eigenvalue weighted by atomic mass is 10.1. The van der Waals surface area contributed by atoms with Crippen molar-refractivity contribution in [2.24, 2.45) is 5.73 Å². The van der Waals surface area contributed by atoms with Crippen molar-refractivity contribution >= 4 is 33.8 Å². The van der Waals surface area contributed by atoms with E-state index in [4.69, 9.17) is 5.73 Å². The second-order valence-electron chi connectivity index (χ2n) is 6.26. The normalized spacial score (nSPS) is 11.3. The minimum Gasteiger partial charge on any atom is -0.332 e. The van der Waals surface area contributed by atoms with E-state index in [1.54, 1.807) is 29.6 Å². The molecule has 0 saturated heterocycles. The zero-order chi connectivity index (χ0) is 20.9. The van der Waals surface area contributed by atoms with Gasteiger partial charge in [0.1, 0.15) is 0 Å². The Morgan fingerprint density at radius 1 is 1.10 bits per heavy atom. The van der Waals surface area contributed by atoms with E-state index in [9.17, 15) is 18.0 Å². The Morgan fingerprint density at radius 3 is 2.62 bits per heavy atom. The standard InChI is InChI=1S/C20H19F3N4OS/c21-20(22,23)14-5-2-7-16(11-14)26-19-27-17(12-29-19)13-4-1-6-15(10-13)25-18(28)8-3-9-24/h1-2,4-7,10-12H,3,8-9,24H2,(H,25,28)(H,26,27). The molecule has 4 N–H and O–H groups in total. The van der Waals surface area contributed by atoms with Gasteiger partial charge in [-0.05, 0) is 43.3 Å². The molecular formula is C20H19F3N4OS. The third-order valence-electron chi connectivity index (χ3n) is 4.00. The number of alkyl halides is 3. The Morgan fingerprint density at radius 2 is 1.86 bits per heavy atom. The van der Waals surface area contributed by atoms with Gasteiger partial charge >= 0.3 is 6.18 Å². The summed E-state index contributed by atoms with van der Waals surface area (Å²) >= 11 is 1.28. The highest BCUT2D eigenvalue weighted by molar-refractivity contribution is 7.14. The maximum atomic E-state index is 12.9. The number of aromatic nitrogens is 1. The van der Waals surface area contributed by atoms with Crippen LogP contribution >= 0.6 is 11.3 Å². The van der Waals surface area contributed by atoms with Gasteiger partial charge in [-0.15, -0.1) is 11.3 Å². The van der Waals surface area contributed by atoms with Gasteiger partial charge in [-0.25, -0.2) is 4.98 Å². The average Bonchev–Trinajstić information content (AvgIpc) is 3.15. The van der Waals surface area contributed by atoms with Gasteiger partial charge < -0.3 is 16.4 Å². The molecule has 0 aliphatic heterocycles. The SMILES string of the molecule is NCCCC(=O)Nc1cccc(-c2csc(Nc3cccc(C(F)(F)F)c3)n2)c1. The second-order valence-corrected chi connectivity index (χ2v) is 7.12. The molecule has 0 radical (unpaired) electrons.